The molecule has 33 heavy (non-hydrogen) atoms. The number of carbonyl (C=O) groups excluding carboxylic acids is 2. The summed E-state index contributed by atoms with van der Waals surface area (Å²) in [6, 6.07) is 7.53. The monoisotopic (exact) mass is 456 g/mol. The van der Waals surface area contributed by atoms with Crippen LogP contribution < -0.4 is 11.1 Å². The van der Waals surface area contributed by atoms with Gasteiger partial charge in [0.1, 0.15) is 11.4 Å². The lowest BCUT2D eigenvalue weighted by Crippen LogP contribution is -2.45. The number of nitrogens with two attached hydrogens (primary N) is 1. The van der Waals surface area contributed by atoms with Crippen molar-refractivity contribution in [2.45, 2.75) is 31.4 Å². The van der Waals surface area contributed by atoms with Gasteiger partial charge >= 0.3 is 6.09 Å². The Morgan fingerprint density at radius 3 is 2.58 bits per heavy atom. The standard InChI is InChI=1S/C22H25FN6O4/c23-15-1-3-16(4-2-15)26-21-18(20(25)30)11-29(27-21)19(5-8-24)14-6-9-28(10-7-14)22(31)33-17-12-32-13-17/h1-4,11,14,17,19H,5-7,9-10,12-13H2,(H2,25,30)(H,26,27). The smallest absolute Gasteiger partial charge is 0.410 e. The van der Waals surface area contributed by atoms with Crippen LogP contribution in [-0.4, -0.2) is 59.1 Å². The SMILES string of the molecule is N#CCC(C1CCN(C(=O)OC2COC2)CC1)n1cc(C(N)=O)c(Nc2ccc(F)cc2)n1. The molecule has 4 rings (SSSR count). The molecule has 11 heteroatoms. The zero-order valence-corrected chi connectivity index (χ0v) is 17.9. The van der Waals surface area contributed by atoms with Crippen molar-refractivity contribution in [3.05, 3.63) is 41.8 Å². The maximum atomic E-state index is 13.2. The Morgan fingerprint density at radius 2 is 2.00 bits per heavy atom. The lowest BCUT2D eigenvalue weighted by Gasteiger charge is -2.36. The van der Waals surface area contributed by atoms with Gasteiger partial charge < -0.3 is 25.4 Å². The summed E-state index contributed by atoms with van der Waals surface area (Å²) in [5.74, 6) is -0.744. The van der Waals surface area contributed by atoms with Crippen molar-refractivity contribution in [3.8, 4) is 6.07 Å². The highest BCUT2D eigenvalue weighted by Crippen LogP contribution is 2.33. The van der Waals surface area contributed by atoms with Gasteiger partial charge in [0.2, 0.25) is 0 Å². The molecule has 10 nitrogen and oxygen atoms in total. The molecular formula is C22H25FN6O4. The summed E-state index contributed by atoms with van der Waals surface area (Å²) >= 11 is 0. The molecule has 0 radical (unpaired) electrons. The Morgan fingerprint density at radius 1 is 1.30 bits per heavy atom. The van der Waals surface area contributed by atoms with Crippen LogP contribution in [0.4, 0.5) is 20.7 Å². The summed E-state index contributed by atoms with van der Waals surface area (Å²) in [4.78, 5) is 26.0. The highest BCUT2D eigenvalue weighted by Gasteiger charge is 2.33. The number of ether oxygens (including phenoxy) is 2. The van der Waals surface area contributed by atoms with Crippen LogP contribution in [0.3, 0.4) is 0 Å². The fraction of sp³-hybridized carbons (Fsp3) is 0.455. The minimum Gasteiger partial charge on any atom is -0.441 e. The number of likely N-dealkylation sites (tertiary alicyclic amines) is 1. The first-order valence-corrected chi connectivity index (χ1v) is 10.8. The van der Waals surface area contributed by atoms with Gasteiger partial charge in [-0.05, 0) is 43.0 Å². The van der Waals surface area contributed by atoms with E-state index in [0.717, 1.165) is 0 Å². The van der Waals surface area contributed by atoms with E-state index in [-0.39, 0.29) is 47.8 Å². The molecule has 3 heterocycles. The van der Waals surface area contributed by atoms with Gasteiger partial charge in [-0.1, -0.05) is 0 Å². The molecule has 0 spiro atoms. The molecule has 0 aliphatic carbocycles. The average Bonchev–Trinajstić information content (AvgIpc) is 3.20. The molecule has 2 fully saturated rings. The fourth-order valence-electron chi connectivity index (χ4n) is 4.04. The van der Waals surface area contributed by atoms with Crippen LogP contribution in [0, 0.1) is 23.1 Å². The van der Waals surface area contributed by atoms with Crippen molar-refractivity contribution in [2.24, 2.45) is 11.7 Å². The molecule has 2 amide bonds. The van der Waals surface area contributed by atoms with Gasteiger partial charge in [0, 0.05) is 25.0 Å². The number of primary amides is 1. The number of piperidine rings is 1. The van der Waals surface area contributed by atoms with Crippen molar-refractivity contribution < 1.29 is 23.5 Å². The lowest BCUT2D eigenvalue weighted by molar-refractivity contribution is -0.106. The average molecular weight is 456 g/mol. The van der Waals surface area contributed by atoms with Crippen LogP contribution in [-0.2, 0) is 9.47 Å². The summed E-state index contributed by atoms with van der Waals surface area (Å²) < 4.78 is 25.2. The number of aromatic nitrogens is 2. The van der Waals surface area contributed by atoms with E-state index in [4.69, 9.17) is 15.2 Å². The number of halogens is 1. The molecule has 0 bridgehead atoms. The van der Waals surface area contributed by atoms with Crippen LogP contribution in [0.5, 0.6) is 0 Å². The van der Waals surface area contributed by atoms with Gasteiger partial charge in [-0.3, -0.25) is 9.48 Å². The predicted octanol–water partition coefficient (Wildman–Crippen LogP) is 2.57. The first-order valence-electron chi connectivity index (χ1n) is 10.8. The second-order valence-electron chi connectivity index (χ2n) is 8.16. The van der Waals surface area contributed by atoms with E-state index < -0.39 is 5.91 Å². The Labute approximate surface area is 190 Å². The second kappa shape index (κ2) is 9.87. The lowest BCUT2D eigenvalue weighted by atomic mass is 9.88. The van der Waals surface area contributed by atoms with Gasteiger partial charge in [-0.25, -0.2) is 9.18 Å². The molecule has 1 aromatic carbocycles. The second-order valence-corrected chi connectivity index (χ2v) is 8.16. The van der Waals surface area contributed by atoms with E-state index >= 15 is 0 Å². The highest BCUT2D eigenvalue weighted by molar-refractivity contribution is 5.98. The van der Waals surface area contributed by atoms with Crippen LogP contribution in [0.1, 0.15) is 35.7 Å². The van der Waals surface area contributed by atoms with Gasteiger partial charge in [-0.15, -0.1) is 0 Å². The predicted molar refractivity (Wildman–Crippen MR) is 115 cm³/mol. The number of nitrogens with one attached hydrogen (secondary N) is 1. The number of benzene rings is 1. The van der Waals surface area contributed by atoms with Crippen molar-refractivity contribution >= 4 is 23.5 Å². The zero-order valence-electron chi connectivity index (χ0n) is 17.9. The minimum absolute atomic E-state index is 0.0695. The molecule has 0 saturated carbocycles. The van der Waals surface area contributed by atoms with E-state index in [9.17, 15) is 19.2 Å². The number of nitriles is 1. The molecule has 2 aliphatic rings. The molecule has 2 aromatic rings. The summed E-state index contributed by atoms with van der Waals surface area (Å²) in [6.45, 7) is 1.87. The molecule has 2 saturated heterocycles. The van der Waals surface area contributed by atoms with E-state index in [1.165, 1.54) is 30.5 Å². The normalized spacial score (nSPS) is 17.6. The topological polar surface area (TPSA) is 136 Å². The first kappa shape index (κ1) is 22.5. The number of hydrogen-bond acceptors (Lipinski definition) is 7. The zero-order chi connectivity index (χ0) is 23.4. The molecular weight excluding hydrogens is 431 g/mol. The maximum Gasteiger partial charge on any atom is 0.410 e. The quantitative estimate of drug-likeness (QED) is 0.653. The Kier molecular flexibility index (Phi) is 6.74. The fourth-order valence-corrected chi connectivity index (χ4v) is 4.04. The summed E-state index contributed by atoms with van der Waals surface area (Å²) in [6.07, 6.45) is 2.52. The van der Waals surface area contributed by atoms with Gasteiger partial charge in [0.25, 0.3) is 5.91 Å². The van der Waals surface area contributed by atoms with Crippen molar-refractivity contribution in [1.82, 2.24) is 14.7 Å². The Hall–Kier alpha value is -3.65. The van der Waals surface area contributed by atoms with Gasteiger partial charge in [-0.2, -0.15) is 10.4 Å². The van der Waals surface area contributed by atoms with Crippen molar-refractivity contribution in [3.63, 3.8) is 0 Å². The van der Waals surface area contributed by atoms with Crippen LogP contribution in [0.2, 0.25) is 0 Å². The highest BCUT2D eigenvalue weighted by atomic mass is 19.1. The third-order valence-corrected chi connectivity index (χ3v) is 5.96. The Bertz CT molecular complexity index is 1040. The third-order valence-electron chi connectivity index (χ3n) is 5.96. The van der Waals surface area contributed by atoms with E-state index in [1.807, 2.05) is 0 Å². The minimum atomic E-state index is -0.667. The van der Waals surface area contributed by atoms with Crippen molar-refractivity contribution in [2.75, 3.05) is 31.6 Å². The molecule has 1 aromatic heterocycles. The molecule has 3 N–H and O–H groups in total. The largest absolute Gasteiger partial charge is 0.441 e. The van der Waals surface area contributed by atoms with E-state index in [0.29, 0.717) is 44.8 Å². The Balaban J connectivity index is 1.47. The third kappa shape index (κ3) is 5.23. The number of anilines is 2. The summed E-state index contributed by atoms with van der Waals surface area (Å²) in [5.41, 5.74) is 6.26. The number of amides is 2. The van der Waals surface area contributed by atoms with Crippen LogP contribution >= 0.6 is 0 Å². The summed E-state index contributed by atoms with van der Waals surface area (Å²) in [7, 11) is 0. The molecule has 1 unspecified atom stereocenters. The number of rotatable bonds is 7. The van der Waals surface area contributed by atoms with E-state index in [1.54, 1.807) is 9.58 Å². The summed E-state index contributed by atoms with van der Waals surface area (Å²) in [5, 5.41) is 16.9. The van der Waals surface area contributed by atoms with Crippen molar-refractivity contribution in [1.29, 1.82) is 5.26 Å². The molecule has 174 valence electrons. The maximum absolute atomic E-state index is 13.2. The number of carbonyl (C=O) groups is 2. The van der Waals surface area contributed by atoms with Crippen LogP contribution in [0.15, 0.2) is 30.5 Å². The number of nitrogens with zero attached hydrogens (tertiary/aromatic N) is 4. The van der Waals surface area contributed by atoms with Gasteiger partial charge in [0.15, 0.2) is 11.9 Å². The van der Waals surface area contributed by atoms with Gasteiger partial charge in [0.05, 0.1) is 31.7 Å². The molecule has 2 aliphatic heterocycles. The van der Waals surface area contributed by atoms with Crippen LogP contribution in [0.25, 0.3) is 0 Å². The van der Waals surface area contributed by atoms with E-state index in [2.05, 4.69) is 16.5 Å². The first-order chi connectivity index (χ1) is 15.9. The number of hydrogen-bond donors (Lipinski definition) is 2. The molecule has 1 atom stereocenters.